The highest BCUT2D eigenvalue weighted by atomic mass is 16.6. The van der Waals surface area contributed by atoms with Crippen molar-refractivity contribution in [3.63, 3.8) is 0 Å². The number of carbonyl (C=O) groups is 1. The number of methoxy groups -OCH3 is 1. The van der Waals surface area contributed by atoms with Crippen LogP contribution in [0.15, 0.2) is 11.4 Å². The second-order valence-electron chi connectivity index (χ2n) is 4.49. The number of hydrogen-bond donors (Lipinski definition) is 2. The second kappa shape index (κ2) is 10.5. The van der Waals surface area contributed by atoms with Crippen molar-refractivity contribution in [2.24, 2.45) is 11.6 Å². The standard InChI is InChI=1S/C12H23N3O3.C2H6/c1-15(14)9-6-4-3-5-7-10(12(9)13)18-8-11(16)17-2;1-2/h10H,3-8,13-14H2,1-2H3;1-2H3/b12-9-;. The lowest BCUT2D eigenvalue weighted by Crippen LogP contribution is -2.34. The zero-order valence-electron chi connectivity index (χ0n) is 13.1. The Kier molecular flexibility index (Phi) is 9.84. The van der Waals surface area contributed by atoms with Crippen molar-refractivity contribution in [1.82, 2.24) is 5.01 Å². The molecule has 0 aromatic carbocycles. The van der Waals surface area contributed by atoms with E-state index in [0.717, 1.165) is 37.8 Å². The Balaban J connectivity index is 0.00000172. The summed E-state index contributed by atoms with van der Waals surface area (Å²) in [5.74, 6) is 5.37. The van der Waals surface area contributed by atoms with Gasteiger partial charge in [-0.15, -0.1) is 0 Å². The number of allylic oxidation sites excluding steroid dienone is 1. The van der Waals surface area contributed by atoms with E-state index in [0.29, 0.717) is 5.70 Å². The lowest BCUT2D eigenvalue weighted by Gasteiger charge is -2.27. The fourth-order valence-electron chi connectivity index (χ4n) is 2.07. The summed E-state index contributed by atoms with van der Waals surface area (Å²) in [6.07, 6.45) is 4.61. The molecule has 0 fully saturated rings. The highest BCUT2D eigenvalue weighted by Gasteiger charge is 2.21. The molecule has 0 spiro atoms. The molecular weight excluding hydrogens is 258 g/mol. The van der Waals surface area contributed by atoms with Crippen molar-refractivity contribution in [1.29, 1.82) is 0 Å². The van der Waals surface area contributed by atoms with E-state index in [1.165, 1.54) is 12.1 Å². The summed E-state index contributed by atoms with van der Waals surface area (Å²) in [6, 6.07) is 0. The highest BCUT2D eigenvalue weighted by molar-refractivity contribution is 5.70. The first-order valence-electron chi connectivity index (χ1n) is 7.21. The van der Waals surface area contributed by atoms with Crippen molar-refractivity contribution in [3.8, 4) is 0 Å². The third-order valence-electron chi connectivity index (χ3n) is 3.12. The first-order valence-corrected chi connectivity index (χ1v) is 7.21. The third-order valence-corrected chi connectivity index (χ3v) is 3.12. The maximum Gasteiger partial charge on any atom is 0.331 e. The van der Waals surface area contributed by atoms with Crippen LogP contribution >= 0.6 is 0 Å². The van der Waals surface area contributed by atoms with Crippen LogP contribution in [0.5, 0.6) is 0 Å². The number of carbonyl (C=O) groups excluding carboxylic acids is 1. The molecule has 118 valence electrons. The first-order chi connectivity index (χ1) is 9.56. The van der Waals surface area contributed by atoms with Crippen molar-refractivity contribution in [3.05, 3.63) is 11.4 Å². The van der Waals surface area contributed by atoms with Crippen molar-refractivity contribution in [2.45, 2.75) is 52.1 Å². The van der Waals surface area contributed by atoms with Crippen LogP contribution in [0, 0.1) is 0 Å². The predicted molar refractivity (Wildman–Crippen MR) is 79.4 cm³/mol. The van der Waals surface area contributed by atoms with E-state index in [1.807, 2.05) is 13.8 Å². The summed E-state index contributed by atoms with van der Waals surface area (Å²) < 4.78 is 10.1. The van der Waals surface area contributed by atoms with Gasteiger partial charge in [0, 0.05) is 7.05 Å². The summed E-state index contributed by atoms with van der Waals surface area (Å²) in [5, 5.41) is 1.54. The van der Waals surface area contributed by atoms with E-state index in [2.05, 4.69) is 4.74 Å². The third kappa shape index (κ3) is 6.25. The fourth-order valence-corrected chi connectivity index (χ4v) is 2.07. The smallest absolute Gasteiger partial charge is 0.331 e. The van der Waals surface area contributed by atoms with Gasteiger partial charge >= 0.3 is 5.97 Å². The van der Waals surface area contributed by atoms with Gasteiger partial charge in [0.1, 0.15) is 6.61 Å². The van der Waals surface area contributed by atoms with Crippen molar-refractivity contribution >= 4 is 5.97 Å². The molecule has 0 saturated heterocycles. The molecule has 0 aromatic heterocycles. The molecule has 0 aromatic rings. The second-order valence-corrected chi connectivity index (χ2v) is 4.49. The van der Waals surface area contributed by atoms with Crippen LogP contribution in [0.2, 0.25) is 0 Å². The average molecular weight is 287 g/mol. The molecule has 0 bridgehead atoms. The van der Waals surface area contributed by atoms with E-state index in [4.69, 9.17) is 16.3 Å². The Labute approximate surface area is 122 Å². The van der Waals surface area contributed by atoms with E-state index in [9.17, 15) is 4.79 Å². The van der Waals surface area contributed by atoms with E-state index >= 15 is 0 Å². The molecule has 0 heterocycles. The van der Waals surface area contributed by atoms with Gasteiger partial charge in [-0.1, -0.05) is 26.7 Å². The van der Waals surface area contributed by atoms with Crippen LogP contribution in [0.4, 0.5) is 0 Å². The molecule has 0 radical (unpaired) electrons. The number of nitrogens with two attached hydrogens (primary N) is 2. The Hall–Kier alpha value is -1.27. The molecule has 1 aliphatic rings. The zero-order valence-corrected chi connectivity index (χ0v) is 13.1. The van der Waals surface area contributed by atoms with Crippen molar-refractivity contribution < 1.29 is 14.3 Å². The SMILES string of the molecule is CC.COC(=O)COC1CCCCC/C(N(C)N)=C\1N. The van der Waals surface area contributed by atoms with Gasteiger partial charge in [-0.25, -0.2) is 10.6 Å². The summed E-state index contributed by atoms with van der Waals surface area (Å²) in [7, 11) is 3.10. The van der Waals surface area contributed by atoms with Gasteiger partial charge < -0.3 is 20.2 Å². The normalized spacial score (nSPS) is 22.9. The zero-order chi connectivity index (χ0) is 15.5. The summed E-state index contributed by atoms with van der Waals surface area (Å²) in [4.78, 5) is 11.1. The lowest BCUT2D eigenvalue weighted by atomic mass is 9.99. The predicted octanol–water partition coefficient (Wildman–Crippen LogP) is 1.51. The number of rotatable bonds is 4. The maximum absolute atomic E-state index is 11.1. The summed E-state index contributed by atoms with van der Waals surface area (Å²) in [6.45, 7) is 3.92. The maximum atomic E-state index is 11.1. The Bertz CT molecular complexity index is 317. The minimum Gasteiger partial charge on any atom is -0.467 e. The van der Waals surface area contributed by atoms with E-state index < -0.39 is 5.97 Å². The van der Waals surface area contributed by atoms with Gasteiger partial charge in [0.25, 0.3) is 0 Å². The van der Waals surface area contributed by atoms with Gasteiger partial charge in [-0.3, -0.25) is 0 Å². The topological polar surface area (TPSA) is 90.8 Å². The number of hydrogen-bond acceptors (Lipinski definition) is 6. The minimum atomic E-state index is -0.396. The fraction of sp³-hybridized carbons (Fsp3) is 0.786. The molecule has 1 rings (SSSR count). The average Bonchev–Trinajstić information content (AvgIpc) is 2.44. The minimum absolute atomic E-state index is 0.0799. The van der Waals surface area contributed by atoms with Gasteiger partial charge in [0.2, 0.25) is 0 Å². The van der Waals surface area contributed by atoms with Gasteiger partial charge in [0.05, 0.1) is 24.6 Å². The number of nitrogens with zero attached hydrogens (tertiary/aromatic N) is 1. The first kappa shape index (κ1) is 18.7. The number of esters is 1. The molecule has 0 saturated carbocycles. The summed E-state index contributed by atoms with van der Waals surface area (Å²) >= 11 is 0. The number of ether oxygens (including phenoxy) is 2. The van der Waals surface area contributed by atoms with Gasteiger partial charge in [-0.2, -0.15) is 0 Å². The van der Waals surface area contributed by atoms with E-state index in [-0.39, 0.29) is 12.7 Å². The Morgan fingerprint density at radius 1 is 1.35 bits per heavy atom. The van der Waals surface area contributed by atoms with E-state index in [1.54, 1.807) is 7.05 Å². The molecule has 1 atom stereocenters. The van der Waals surface area contributed by atoms with Crippen LogP contribution in [0.3, 0.4) is 0 Å². The molecule has 0 aliphatic heterocycles. The van der Waals surface area contributed by atoms with Gasteiger partial charge in [0.15, 0.2) is 0 Å². The molecule has 6 heteroatoms. The Morgan fingerprint density at radius 2 is 2.00 bits per heavy atom. The molecule has 4 N–H and O–H groups in total. The van der Waals surface area contributed by atoms with Crippen LogP contribution in [0.25, 0.3) is 0 Å². The van der Waals surface area contributed by atoms with Crippen LogP contribution < -0.4 is 11.6 Å². The quantitative estimate of drug-likeness (QED) is 0.463. The van der Waals surface area contributed by atoms with Crippen LogP contribution in [0.1, 0.15) is 46.0 Å². The highest BCUT2D eigenvalue weighted by Crippen LogP contribution is 2.23. The van der Waals surface area contributed by atoms with Gasteiger partial charge in [-0.05, 0) is 19.3 Å². The lowest BCUT2D eigenvalue weighted by molar-refractivity contribution is -0.147. The molecule has 1 unspecified atom stereocenters. The van der Waals surface area contributed by atoms with Crippen LogP contribution in [-0.2, 0) is 14.3 Å². The molecule has 6 nitrogen and oxygen atoms in total. The molecule has 1 aliphatic carbocycles. The summed E-state index contributed by atoms with van der Waals surface area (Å²) in [5.41, 5.74) is 7.62. The molecule has 20 heavy (non-hydrogen) atoms. The van der Waals surface area contributed by atoms with Crippen LogP contribution in [-0.4, -0.2) is 37.8 Å². The monoisotopic (exact) mass is 287 g/mol. The van der Waals surface area contributed by atoms with Crippen molar-refractivity contribution in [2.75, 3.05) is 20.8 Å². The molecular formula is C14H29N3O3. The molecule has 0 amide bonds. The Morgan fingerprint density at radius 3 is 2.55 bits per heavy atom. The number of hydrazine groups is 1. The largest absolute Gasteiger partial charge is 0.467 e.